The fraction of sp³-hybridized carbons (Fsp3) is 0.765. The van der Waals surface area contributed by atoms with E-state index in [1.54, 1.807) is 0 Å². The van der Waals surface area contributed by atoms with Gasteiger partial charge in [0.25, 0.3) is 0 Å². The van der Waals surface area contributed by atoms with Crippen molar-refractivity contribution < 1.29 is 4.74 Å². The number of hydrogen-bond donors (Lipinski definition) is 1. The van der Waals surface area contributed by atoms with Gasteiger partial charge in [0, 0.05) is 42.6 Å². The van der Waals surface area contributed by atoms with Crippen LogP contribution >= 0.6 is 11.3 Å². The zero-order valence-electron chi connectivity index (χ0n) is 13.1. The molecule has 0 amide bonds. The normalized spacial score (nSPS) is 26.4. The van der Waals surface area contributed by atoms with Gasteiger partial charge in [-0.3, -0.25) is 4.90 Å². The Kier molecular flexibility index (Phi) is 5.69. The Balaban J connectivity index is 1.57. The molecule has 1 saturated heterocycles. The summed E-state index contributed by atoms with van der Waals surface area (Å²) in [7, 11) is 0. The zero-order valence-corrected chi connectivity index (χ0v) is 13.9. The zero-order chi connectivity index (χ0) is 14.5. The second-order valence-electron chi connectivity index (χ2n) is 6.42. The minimum Gasteiger partial charge on any atom is -0.381 e. The molecule has 2 aliphatic rings. The van der Waals surface area contributed by atoms with Gasteiger partial charge in [0.1, 0.15) is 0 Å². The summed E-state index contributed by atoms with van der Waals surface area (Å²) in [6.07, 6.45) is 5.14. The molecule has 2 heterocycles. The van der Waals surface area contributed by atoms with E-state index in [0.29, 0.717) is 12.0 Å². The highest BCUT2D eigenvalue weighted by Crippen LogP contribution is 2.31. The van der Waals surface area contributed by atoms with E-state index < -0.39 is 0 Å². The molecule has 21 heavy (non-hydrogen) atoms. The van der Waals surface area contributed by atoms with Crippen molar-refractivity contribution in [3.05, 3.63) is 22.4 Å². The fourth-order valence-corrected chi connectivity index (χ4v) is 3.99. The first-order valence-corrected chi connectivity index (χ1v) is 9.32. The van der Waals surface area contributed by atoms with Crippen molar-refractivity contribution in [3.8, 4) is 0 Å². The van der Waals surface area contributed by atoms with E-state index in [1.807, 2.05) is 11.3 Å². The second-order valence-corrected chi connectivity index (χ2v) is 7.46. The monoisotopic (exact) mass is 308 g/mol. The van der Waals surface area contributed by atoms with E-state index in [-0.39, 0.29) is 0 Å². The van der Waals surface area contributed by atoms with Gasteiger partial charge in [0.05, 0.1) is 6.61 Å². The maximum Gasteiger partial charge on any atom is 0.0521 e. The van der Waals surface area contributed by atoms with Crippen molar-refractivity contribution in [2.75, 3.05) is 26.3 Å². The lowest BCUT2D eigenvalue weighted by atomic mass is 9.94. The molecule has 1 aromatic rings. The highest BCUT2D eigenvalue weighted by atomic mass is 32.1. The Morgan fingerprint density at radius 3 is 3.00 bits per heavy atom. The molecule has 1 saturated carbocycles. The molecule has 1 aromatic heterocycles. The molecule has 2 fully saturated rings. The summed E-state index contributed by atoms with van der Waals surface area (Å²) in [5, 5.41) is 5.93. The molecular weight excluding hydrogens is 280 g/mol. The Hall–Kier alpha value is -0.420. The summed E-state index contributed by atoms with van der Waals surface area (Å²) in [4.78, 5) is 4.20. The molecule has 118 valence electrons. The first kappa shape index (κ1) is 15.5. The lowest BCUT2D eigenvalue weighted by Gasteiger charge is -2.36. The summed E-state index contributed by atoms with van der Waals surface area (Å²) in [6.45, 7) is 7.54. The smallest absolute Gasteiger partial charge is 0.0521 e. The van der Waals surface area contributed by atoms with Gasteiger partial charge in [-0.2, -0.15) is 0 Å². The van der Waals surface area contributed by atoms with E-state index in [4.69, 9.17) is 4.74 Å². The van der Waals surface area contributed by atoms with Crippen molar-refractivity contribution in [2.24, 2.45) is 5.92 Å². The Morgan fingerprint density at radius 2 is 2.29 bits per heavy atom. The van der Waals surface area contributed by atoms with Gasteiger partial charge in [-0.05, 0) is 43.7 Å². The second kappa shape index (κ2) is 7.73. The Labute approximate surface area is 132 Å². The molecule has 1 aliphatic carbocycles. The van der Waals surface area contributed by atoms with Crippen LogP contribution in [0.1, 0.15) is 37.5 Å². The third-order valence-corrected chi connectivity index (χ3v) is 5.46. The molecule has 3 nitrogen and oxygen atoms in total. The molecular formula is C17H28N2OS. The maximum atomic E-state index is 5.76. The van der Waals surface area contributed by atoms with E-state index >= 15 is 0 Å². The Morgan fingerprint density at radius 1 is 1.38 bits per heavy atom. The van der Waals surface area contributed by atoms with Crippen LogP contribution in [0.3, 0.4) is 0 Å². The lowest BCUT2D eigenvalue weighted by molar-refractivity contribution is 0.0143. The van der Waals surface area contributed by atoms with Crippen molar-refractivity contribution in [1.29, 1.82) is 0 Å². The molecule has 2 atom stereocenters. The van der Waals surface area contributed by atoms with Gasteiger partial charge in [-0.15, -0.1) is 11.3 Å². The van der Waals surface area contributed by atoms with Crippen LogP contribution in [0, 0.1) is 5.92 Å². The summed E-state index contributed by atoms with van der Waals surface area (Å²) >= 11 is 1.88. The maximum absolute atomic E-state index is 5.76. The van der Waals surface area contributed by atoms with Crippen LogP contribution in [0.2, 0.25) is 0 Å². The third kappa shape index (κ3) is 4.52. The van der Waals surface area contributed by atoms with Crippen molar-refractivity contribution in [2.45, 2.75) is 51.2 Å². The van der Waals surface area contributed by atoms with Crippen LogP contribution in [0.25, 0.3) is 0 Å². The number of thiophene rings is 1. The summed E-state index contributed by atoms with van der Waals surface area (Å²) in [5.74, 6) is 0.644. The van der Waals surface area contributed by atoms with Gasteiger partial charge in [-0.25, -0.2) is 0 Å². The van der Waals surface area contributed by atoms with Crippen molar-refractivity contribution in [1.82, 2.24) is 10.2 Å². The van der Waals surface area contributed by atoms with Crippen LogP contribution in [0.5, 0.6) is 0 Å². The first-order valence-electron chi connectivity index (χ1n) is 8.44. The third-order valence-electron chi connectivity index (χ3n) is 4.60. The van der Waals surface area contributed by atoms with Crippen LogP contribution in [-0.2, 0) is 11.3 Å². The van der Waals surface area contributed by atoms with Gasteiger partial charge >= 0.3 is 0 Å². The minimum atomic E-state index is 0.642. The molecule has 0 radical (unpaired) electrons. The minimum absolute atomic E-state index is 0.642. The number of nitrogens with zero attached hydrogens (tertiary/aromatic N) is 1. The van der Waals surface area contributed by atoms with Gasteiger partial charge in [0.2, 0.25) is 0 Å². The number of hydrogen-bond acceptors (Lipinski definition) is 4. The predicted molar refractivity (Wildman–Crippen MR) is 88.8 cm³/mol. The average molecular weight is 308 g/mol. The largest absolute Gasteiger partial charge is 0.381 e. The quantitative estimate of drug-likeness (QED) is 0.798. The van der Waals surface area contributed by atoms with Gasteiger partial charge < -0.3 is 10.1 Å². The summed E-state index contributed by atoms with van der Waals surface area (Å²) in [5.41, 5.74) is 0. The van der Waals surface area contributed by atoms with Gasteiger partial charge in [-0.1, -0.05) is 13.0 Å². The molecule has 4 heteroatoms. The van der Waals surface area contributed by atoms with E-state index in [2.05, 4.69) is 34.7 Å². The van der Waals surface area contributed by atoms with E-state index in [1.165, 1.54) is 37.1 Å². The van der Waals surface area contributed by atoms with Crippen LogP contribution in [-0.4, -0.2) is 43.3 Å². The number of ether oxygens (including phenoxy) is 1. The number of nitrogens with one attached hydrogen (secondary N) is 1. The molecule has 0 spiro atoms. The standard InChI is InChI=1S/C17H28N2OS/c1-2-8-18-17-7-9-20-13-14(17)11-19(15-5-6-15)12-16-4-3-10-21-16/h3-4,10,14-15,17-18H,2,5-9,11-13H2,1H3. The average Bonchev–Trinajstić information content (AvgIpc) is 3.23. The van der Waals surface area contributed by atoms with E-state index in [9.17, 15) is 0 Å². The predicted octanol–water partition coefficient (Wildman–Crippen LogP) is 3.12. The highest BCUT2D eigenvalue weighted by molar-refractivity contribution is 7.09. The molecule has 2 unspecified atom stereocenters. The first-order chi connectivity index (χ1) is 10.4. The van der Waals surface area contributed by atoms with Crippen LogP contribution in [0.15, 0.2) is 17.5 Å². The van der Waals surface area contributed by atoms with Crippen LogP contribution < -0.4 is 5.32 Å². The summed E-state index contributed by atoms with van der Waals surface area (Å²) in [6, 6.07) is 5.90. The fourth-order valence-electron chi connectivity index (χ4n) is 3.26. The highest BCUT2D eigenvalue weighted by Gasteiger charge is 2.34. The molecule has 0 aromatic carbocycles. The van der Waals surface area contributed by atoms with Crippen molar-refractivity contribution in [3.63, 3.8) is 0 Å². The SMILES string of the molecule is CCCNC1CCOCC1CN(Cc1cccs1)C1CC1. The van der Waals surface area contributed by atoms with Crippen LogP contribution in [0.4, 0.5) is 0 Å². The molecule has 0 bridgehead atoms. The molecule has 1 N–H and O–H groups in total. The summed E-state index contributed by atoms with van der Waals surface area (Å²) < 4.78 is 5.76. The van der Waals surface area contributed by atoms with E-state index in [0.717, 1.165) is 32.3 Å². The van der Waals surface area contributed by atoms with Gasteiger partial charge in [0.15, 0.2) is 0 Å². The Bertz CT molecular complexity index is 405. The topological polar surface area (TPSA) is 24.5 Å². The lowest BCUT2D eigenvalue weighted by Crippen LogP contribution is -2.48. The van der Waals surface area contributed by atoms with Crippen molar-refractivity contribution >= 4 is 11.3 Å². The molecule has 1 aliphatic heterocycles. The molecule has 3 rings (SSSR count). The number of rotatable bonds is 8.